The van der Waals surface area contributed by atoms with Crippen LogP contribution >= 0.6 is 11.8 Å². The Morgan fingerprint density at radius 2 is 1.81 bits per heavy atom. The van der Waals surface area contributed by atoms with Gasteiger partial charge in [0, 0.05) is 52.7 Å². The Kier molecular flexibility index (Phi) is 4.91. The normalized spacial score (nSPS) is 11.5. The van der Waals surface area contributed by atoms with Crippen molar-refractivity contribution in [1.82, 2.24) is 19.1 Å². The summed E-state index contributed by atoms with van der Waals surface area (Å²) in [6.07, 6.45) is 6.63. The van der Waals surface area contributed by atoms with Gasteiger partial charge in [-0.25, -0.2) is 4.79 Å². The Balaban J connectivity index is 1.62. The lowest BCUT2D eigenvalue weighted by Gasteiger charge is -2.06. The number of benzene rings is 2. The summed E-state index contributed by atoms with van der Waals surface area (Å²) in [6, 6.07) is 16.2. The van der Waals surface area contributed by atoms with Gasteiger partial charge in [0.25, 0.3) is 0 Å². The van der Waals surface area contributed by atoms with E-state index >= 15 is 0 Å². The van der Waals surface area contributed by atoms with Crippen LogP contribution in [0.1, 0.15) is 6.42 Å². The molecule has 31 heavy (non-hydrogen) atoms. The first-order valence-corrected chi connectivity index (χ1v) is 11.0. The lowest BCUT2D eigenvalue weighted by Crippen LogP contribution is -2.15. The molecule has 3 heterocycles. The third-order valence-electron chi connectivity index (χ3n) is 5.45. The molecule has 0 fully saturated rings. The zero-order valence-electron chi connectivity index (χ0n) is 16.8. The van der Waals surface area contributed by atoms with E-state index in [0.29, 0.717) is 0 Å². The number of para-hydroxylation sites is 2. The molecule has 5 N–H and O–H groups in total. The van der Waals surface area contributed by atoms with Gasteiger partial charge in [-0.3, -0.25) is 9.98 Å². The van der Waals surface area contributed by atoms with Crippen LogP contribution in [-0.4, -0.2) is 30.0 Å². The van der Waals surface area contributed by atoms with Gasteiger partial charge < -0.3 is 20.3 Å². The van der Waals surface area contributed by atoms with E-state index in [9.17, 15) is 4.79 Å². The maximum absolute atomic E-state index is 12.9. The highest BCUT2D eigenvalue weighted by molar-refractivity contribution is 8.13. The number of hydrogen-bond acceptors (Lipinski definition) is 3. The van der Waals surface area contributed by atoms with Crippen LogP contribution in [0.4, 0.5) is 0 Å². The van der Waals surface area contributed by atoms with Gasteiger partial charge in [-0.2, -0.15) is 0 Å². The molecule has 0 unspecified atom stereocenters. The molecule has 0 radical (unpaired) electrons. The highest BCUT2D eigenvalue weighted by atomic mass is 32.2. The zero-order valence-corrected chi connectivity index (χ0v) is 17.6. The van der Waals surface area contributed by atoms with Crippen molar-refractivity contribution in [2.24, 2.45) is 5.73 Å². The molecule has 156 valence electrons. The summed E-state index contributed by atoms with van der Waals surface area (Å²) in [5.41, 5.74) is 10.0. The summed E-state index contributed by atoms with van der Waals surface area (Å²) in [4.78, 5) is 19.1. The number of aryl methyl sites for hydroxylation is 1. The summed E-state index contributed by atoms with van der Waals surface area (Å²) in [5.74, 6) is 0.780. The first-order chi connectivity index (χ1) is 15.1. The third kappa shape index (κ3) is 3.44. The fraction of sp³-hybridized carbons (Fsp3) is 0.130. The van der Waals surface area contributed by atoms with E-state index in [0.717, 1.165) is 57.5 Å². The zero-order chi connectivity index (χ0) is 21.4. The number of nitrogens with one attached hydrogen (secondary N) is 3. The van der Waals surface area contributed by atoms with Crippen molar-refractivity contribution in [2.45, 2.75) is 13.0 Å². The second-order valence-corrected chi connectivity index (χ2v) is 8.49. The molecule has 0 amide bonds. The number of nitrogens with two attached hydrogens (primary N) is 1. The van der Waals surface area contributed by atoms with Gasteiger partial charge in [-0.1, -0.05) is 48.2 Å². The van der Waals surface area contributed by atoms with E-state index in [1.807, 2.05) is 48.8 Å². The highest BCUT2D eigenvalue weighted by Crippen LogP contribution is 2.32. The molecular formula is C23H22N6OS. The number of thioether (sulfide) groups is 1. The average molecular weight is 431 g/mol. The fourth-order valence-electron chi connectivity index (χ4n) is 4.10. The quantitative estimate of drug-likeness (QED) is 0.183. The Bertz CT molecular complexity index is 1450. The van der Waals surface area contributed by atoms with E-state index in [-0.39, 0.29) is 10.9 Å². The molecule has 0 bridgehead atoms. The second kappa shape index (κ2) is 7.88. The second-order valence-electron chi connectivity index (χ2n) is 7.35. The first-order valence-electron chi connectivity index (χ1n) is 10.1. The molecule has 0 aliphatic heterocycles. The van der Waals surface area contributed by atoms with Gasteiger partial charge in [0.15, 0.2) is 5.17 Å². The number of amidine groups is 1. The van der Waals surface area contributed by atoms with Crippen molar-refractivity contribution in [3.8, 4) is 16.9 Å². The summed E-state index contributed by atoms with van der Waals surface area (Å²) in [7, 11) is 0. The first kappa shape index (κ1) is 19.3. The predicted octanol–water partition coefficient (Wildman–Crippen LogP) is 4.29. The summed E-state index contributed by atoms with van der Waals surface area (Å²) >= 11 is 1.35. The van der Waals surface area contributed by atoms with Crippen LogP contribution in [0.2, 0.25) is 0 Å². The number of nitrogens with zero attached hydrogens (tertiary/aromatic N) is 2. The molecular weight excluding hydrogens is 408 g/mol. The number of imidazole rings is 1. The topological polar surface area (TPSA) is 108 Å². The van der Waals surface area contributed by atoms with Gasteiger partial charge in [-0.05, 0) is 18.6 Å². The summed E-state index contributed by atoms with van der Waals surface area (Å²) in [5, 5.41) is 9.60. The third-order valence-corrected chi connectivity index (χ3v) is 6.25. The van der Waals surface area contributed by atoms with Crippen LogP contribution in [-0.2, 0) is 6.54 Å². The molecule has 0 saturated carbocycles. The van der Waals surface area contributed by atoms with Crippen LogP contribution in [0.15, 0.2) is 71.9 Å². The van der Waals surface area contributed by atoms with Gasteiger partial charge >= 0.3 is 5.69 Å². The van der Waals surface area contributed by atoms with Crippen molar-refractivity contribution in [3.63, 3.8) is 0 Å². The van der Waals surface area contributed by atoms with Crippen LogP contribution in [0.5, 0.6) is 0 Å². The molecule has 5 aromatic rings. The monoisotopic (exact) mass is 430 g/mol. The standard InChI is InChI=1S/C23H22N6OS/c24-22(25)31-11-5-10-28-14-21(16-7-2-4-9-19(16)28)29-20(13-27-23(29)30)17-12-26-18-8-3-1-6-15(17)18/h1-4,6-9,12-14,26H,5,10-11H2,(H3,24,25)(H,27,30). The van der Waals surface area contributed by atoms with Crippen molar-refractivity contribution in [3.05, 3.63) is 77.6 Å². The largest absolute Gasteiger partial charge is 0.379 e. The molecule has 8 heteroatoms. The SMILES string of the molecule is N=C(N)SCCCn1cc(-n2c(-c3c[nH]c4ccccc34)c[nH]c2=O)c2ccccc21. The average Bonchev–Trinajstić information content (AvgIpc) is 3.46. The number of aromatic nitrogens is 4. The molecule has 0 aliphatic rings. The van der Waals surface area contributed by atoms with Crippen molar-refractivity contribution in [2.75, 3.05) is 5.75 Å². The van der Waals surface area contributed by atoms with Gasteiger partial charge in [0.1, 0.15) is 0 Å². The predicted molar refractivity (Wildman–Crippen MR) is 128 cm³/mol. The number of hydrogen-bond donors (Lipinski definition) is 4. The minimum atomic E-state index is -0.171. The van der Waals surface area contributed by atoms with Gasteiger partial charge in [0.05, 0.1) is 16.9 Å². The lowest BCUT2D eigenvalue weighted by atomic mass is 10.1. The Morgan fingerprint density at radius 3 is 2.65 bits per heavy atom. The van der Waals surface area contributed by atoms with Crippen LogP contribution in [0, 0.1) is 5.41 Å². The number of rotatable bonds is 6. The fourth-order valence-corrected chi connectivity index (χ4v) is 4.59. The molecule has 0 spiro atoms. The van der Waals surface area contributed by atoms with Gasteiger partial charge in [0.2, 0.25) is 0 Å². The molecule has 5 rings (SSSR count). The van der Waals surface area contributed by atoms with E-state index in [4.69, 9.17) is 11.1 Å². The Morgan fingerprint density at radius 1 is 1.03 bits per heavy atom. The molecule has 0 atom stereocenters. The summed E-state index contributed by atoms with van der Waals surface area (Å²) in [6.45, 7) is 0.780. The summed E-state index contributed by atoms with van der Waals surface area (Å²) < 4.78 is 3.92. The van der Waals surface area contributed by atoms with E-state index in [2.05, 4.69) is 26.7 Å². The number of H-pyrrole nitrogens is 2. The minimum absolute atomic E-state index is 0.139. The molecule has 0 aliphatic carbocycles. The van der Waals surface area contributed by atoms with Crippen molar-refractivity contribution >= 4 is 38.7 Å². The van der Waals surface area contributed by atoms with Crippen LogP contribution < -0.4 is 11.4 Å². The van der Waals surface area contributed by atoms with Crippen LogP contribution in [0.3, 0.4) is 0 Å². The van der Waals surface area contributed by atoms with Gasteiger partial charge in [-0.15, -0.1) is 0 Å². The van der Waals surface area contributed by atoms with E-state index in [1.165, 1.54) is 11.8 Å². The molecule has 3 aromatic heterocycles. The Labute approximate surface area is 182 Å². The molecule has 2 aromatic carbocycles. The van der Waals surface area contributed by atoms with Crippen molar-refractivity contribution < 1.29 is 0 Å². The highest BCUT2D eigenvalue weighted by Gasteiger charge is 2.18. The van der Waals surface area contributed by atoms with Crippen molar-refractivity contribution in [1.29, 1.82) is 5.41 Å². The molecule has 7 nitrogen and oxygen atoms in total. The number of aromatic amines is 2. The number of fused-ring (bicyclic) bond motifs is 2. The lowest BCUT2D eigenvalue weighted by molar-refractivity contribution is 0.707. The molecule has 0 saturated heterocycles. The van der Waals surface area contributed by atoms with E-state index in [1.54, 1.807) is 10.8 Å². The maximum Gasteiger partial charge on any atom is 0.330 e. The van der Waals surface area contributed by atoms with E-state index < -0.39 is 0 Å². The minimum Gasteiger partial charge on any atom is -0.379 e. The maximum atomic E-state index is 12.9. The smallest absolute Gasteiger partial charge is 0.330 e. The van der Waals surface area contributed by atoms with Crippen LogP contribution in [0.25, 0.3) is 38.8 Å². The Hall–Kier alpha value is -3.65.